The number of hydrogen-bond donors (Lipinski definition) is 1. The molecule has 2 N–H and O–H groups in total. The van der Waals surface area contributed by atoms with Crippen LogP contribution in [-0.4, -0.2) is 18.2 Å². The number of hydrogen-bond acceptors (Lipinski definition) is 3. The predicted octanol–water partition coefficient (Wildman–Crippen LogP) is 3.99. The first-order valence-electron chi connectivity index (χ1n) is 7.04. The van der Waals surface area contributed by atoms with Crippen LogP contribution in [0, 0.1) is 0 Å². The molecular weight excluding hydrogens is 318 g/mol. The van der Waals surface area contributed by atoms with Crippen LogP contribution < -0.4 is 15.2 Å². The van der Waals surface area contributed by atoms with Crippen molar-refractivity contribution in [2.24, 2.45) is 5.73 Å². The van der Waals surface area contributed by atoms with E-state index in [4.69, 9.17) is 39.0 Å². The highest BCUT2D eigenvalue weighted by Gasteiger charge is 2.13. The largest absolute Gasteiger partial charge is 0.490 e. The molecule has 3 nitrogen and oxygen atoms in total. The van der Waals surface area contributed by atoms with Crippen molar-refractivity contribution in [1.82, 2.24) is 0 Å². The summed E-state index contributed by atoms with van der Waals surface area (Å²) in [4.78, 5) is 0.277. The van der Waals surface area contributed by atoms with E-state index in [1.54, 1.807) is 12.1 Å². The third kappa shape index (κ3) is 4.36. The maximum atomic E-state index is 6.28. The van der Waals surface area contributed by atoms with E-state index in [1.165, 1.54) is 5.56 Å². The molecule has 0 spiro atoms. The van der Waals surface area contributed by atoms with Gasteiger partial charge in [-0.05, 0) is 24.6 Å². The monoisotopic (exact) mass is 335 g/mol. The van der Waals surface area contributed by atoms with Crippen LogP contribution in [0.15, 0.2) is 42.5 Å². The van der Waals surface area contributed by atoms with Crippen molar-refractivity contribution in [1.29, 1.82) is 0 Å². The lowest BCUT2D eigenvalue weighted by atomic mass is 10.1. The summed E-state index contributed by atoms with van der Waals surface area (Å²) >= 11 is 11.3. The van der Waals surface area contributed by atoms with E-state index in [0.717, 1.165) is 6.42 Å². The van der Waals surface area contributed by atoms with E-state index in [2.05, 4.69) is 12.1 Å². The van der Waals surface area contributed by atoms with Crippen LogP contribution >= 0.6 is 23.8 Å². The fraction of sp³-hybridized carbons (Fsp3) is 0.235. The average Bonchev–Trinajstić information content (AvgIpc) is 2.50. The van der Waals surface area contributed by atoms with Crippen LogP contribution in [0.1, 0.15) is 18.1 Å². The van der Waals surface area contributed by atoms with E-state index in [-0.39, 0.29) is 4.99 Å². The molecule has 0 radical (unpaired) electrons. The van der Waals surface area contributed by atoms with Gasteiger partial charge in [-0.15, -0.1) is 0 Å². The van der Waals surface area contributed by atoms with Crippen LogP contribution in [0.25, 0.3) is 0 Å². The number of halogens is 1. The van der Waals surface area contributed by atoms with Crippen molar-refractivity contribution < 1.29 is 9.47 Å². The molecule has 116 valence electrons. The second-order valence-electron chi connectivity index (χ2n) is 4.67. The van der Waals surface area contributed by atoms with Crippen molar-refractivity contribution in [2.45, 2.75) is 13.3 Å². The highest BCUT2D eigenvalue weighted by molar-refractivity contribution is 7.80. The SMILES string of the molecule is CCOc1cc(C(N)=S)cc(Cl)c1OCCc1ccccc1. The molecule has 0 aliphatic rings. The molecule has 0 fully saturated rings. The van der Waals surface area contributed by atoms with Gasteiger partial charge in [0.2, 0.25) is 0 Å². The van der Waals surface area contributed by atoms with Gasteiger partial charge in [-0.3, -0.25) is 0 Å². The van der Waals surface area contributed by atoms with Crippen molar-refractivity contribution in [3.8, 4) is 11.5 Å². The zero-order valence-corrected chi connectivity index (χ0v) is 13.9. The zero-order valence-electron chi connectivity index (χ0n) is 12.3. The molecule has 0 aliphatic carbocycles. The number of rotatable bonds is 7. The molecule has 0 atom stereocenters. The Hall–Kier alpha value is -1.78. The predicted molar refractivity (Wildman–Crippen MR) is 94.1 cm³/mol. The zero-order chi connectivity index (χ0) is 15.9. The standard InChI is InChI=1S/C17H18ClNO2S/c1-2-20-15-11-13(17(19)22)10-14(18)16(15)21-9-8-12-6-4-3-5-7-12/h3-7,10-11H,2,8-9H2,1H3,(H2,19,22). The molecule has 2 aromatic rings. The van der Waals surface area contributed by atoms with E-state index in [9.17, 15) is 0 Å². The first kappa shape index (κ1) is 16.6. The van der Waals surface area contributed by atoms with Crippen molar-refractivity contribution in [3.05, 3.63) is 58.6 Å². The molecule has 0 saturated heterocycles. The number of nitrogens with two attached hydrogens (primary N) is 1. The Balaban J connectivity index is 2.13. The molecule has 0 aromatic heterocycles. The maximum absolute atomic E-state index is 6.28. The molecule has 2 aromatic carbocycles. The summed E-state index contributed by atoms with van der Waals surface area (Å²) in [6.07, 6.45) is 0.791. The topological polar surface area (TPSA) is 44.5 Å². The minimum absolute atomic E-state index is 0.277. The second-order valence-corrected chi connectivity index (χ2v) is 5.51. The normalized spacial score (nSPS) is 10.3. The average molecular weight is 336 g/mol. The minimum atomic E-state index is 0.277. The summed E-state index contributed by atoms with van der Waals surface area (Å²) < 4.78 is 11.4. The lowest BCUT2D eigenvalue weighted by molar-refractivity contribution is 0.279. The summed E-state index contributed by atoms with van der Waals surface area (Å²) in [6.45, 7) is 2.91. The van der Waals surface area contributed by atoms with E-state index >= 15 is 0 Å². The molecule has 0 amide bonds. The third-order valence-electron chi connectivity index (χ3n) is 3.07. The smallest absolute Gasteiger partial charge is 0.179 e. The van der Waals surface area contributed by atoms with E-state index in [1.807, 2.05) is 25.1 Å². The summed E-state index contributed by atoms with van der Waals surface area (Å²) in [6, 6.07) is 13.6. The third-order valence-corrected chi connectivity index (χ3v) is 3.59. The van der Waals surface area contributed by atoms with E-state index in [0.29, 0.717) is 35.3 Å². The molecule has 22 heavy (non-hydrogen) atoms. The molecular formula is C17H18ClNO2S. The first-order valence-corrected chi connectivity index (χ1v) is 7.83. The van der Waals surface area contributed by atoms with Gasteiger partial charge < -0.3 is 15.2 Å². The van der Waals surface area contributed by atoms with Crippen LogP contribution in [-0.2, 0) is 6.42 Å². The number of ether oxygens (including phenoxy) is 2. The Bertz CT molecular complexity index is 647. The van der Waals surface area contributed by atoms with Gasteiger partial charge >= 0.3 is 0 Å². The van der Waals surface area contributed by atoms with Gasteiger partial charge in [0.1, 0.15) is 4.99 Å². The molecule has 2 rings (SSSR count). The molecule has 0 saturated carbocycles. The van der Waals surface area contributed by atoms with Crippen LogP contribution in [0.3, 0.4) is 0 Å². The molecule has 0 heterocycles. The van der Waals surface area contributed by atoms with E-state index < -0.39 is 0 Å². The lowest BCUT2D eigenvalue weighted by Crippen LogP contribution is -2.11. The van der Waals surface area contributed by atoms with Gasteiger partial charge in [0.25, 0.3) is 0 Å². The Labute approximate surface area is 141 Å². The van der Waals surface area contributed by atoms with Gasteiger partial charge in [0.05, 0.1) is 18.2 Å². The Morgan fingerprint density at radius 1 is 1.18 bits per heavy atom. The number of benzene rings is 2. The Kier molecular flexibility index (Phi) is 6.04. The highest BCUT2D eigenvalue weighted by atomic mass is 35.5. The minimum Gasteiger partial charge on any atom is -0.490 e. The van der Waals surface area contributed by atoms with Gasteiger partial charge in [0, 0.05) is 12.0 Å². The molecule has 0 aliphatic heterocycles. The molecule has 0 bridgehead atoms. The summed E-state index contributed by atoms with van der Waals surface area (Å²) in [5, 5.41) is 0.446. The van der Waals surface area contributed by atoms with Crippen molar-refractivity contribution in [2.75, 3.05) is 13.2 Å². The molecule has 0 unspecified atom stereocenters. The van der Waals surface area contributed by atoms with Gasteiger partial charge in [-0.1, -0.05) is 54.2 Å². The second kappa shape index (κ2) is 8.01. The van der Waals surface area contributed by atoms with Gasteiger partial charge in [0.15, 0.2) is 11.5 Å². The summed E-state index contributed by atoms with van der Waals surface area (Å²) in [5.74, 6) is 1.09. The van der Waals surface area contributed by atoms with Crippen LogP contribution in [0.4, 0.5) is 0 Å². The lowest BCUT2D eigenvalue weighted by Gasteiger charge is -2.15. The quantitative estimate of drug-likeness (QED) is 0.777. The Morgan fingerprint density at radius 3 is 2.55 bits per heavy atom. The van der Waals surface area contributed by atoms with Crippen LogP contribution in [0.5, 0.6) is 11.5 Å². The summed E-state index contributed by atoms with van der Waals surface area (Å²) in [5.41, 5.74) is 7.52. The fourth-order valence-corrected chi connectivity index (χ4v) is 2.41. The first-order chi connectivity index (χ1) is 10.6. The highest BCUT2D eigenvalue weighted by Crippen LogP contribution is 2.36. The molecule has 5 heteroatoms. The van der Waals surface area contributed by atoms with Gasteiger partial charge in [-0.25, -0.2) is 0 Å². The van der Waals surface area contributed by atoms with Crippen molar-refractivity contribution >= 4 is 28.8 Å². The Morgan fingerprint density at radius 2 is 1.91 bits per heavy atom. The van der Waals surface area contributed by atoms with Crippen LogP contribution in [0.2, 0.25) is 5.02 Å². The number of thiocarbonyl (C=S) groups is 1. The summed E-state index contributed by atoms with van der Waals surface area (Å²) in [7, 11) is 0. The maximum Gasteiger partial charge on any atom is 0.179 e. The van der Waals surface area contributed by atoms with Gasteiger partial charge in [-0.2, -0.15) is 0 Å². The fourth-order valence-electron chi connectivity index (χ4n) is 2.03. The van der Waals surface area contributed by atoms with Crippen molar-refractivity contribution in [3.63, 3.8) is 0 Å².